The number of aromatic nitrogens is 1. The molecule has 0 aliphatic heterocycles. The number of carbonyl (C=O) groups is 1. The quantitative estimate of drug-likeness (QED) is 0.652. The van der Waals surface area contributed by atoms with Gasteiger partial charge < -0.3 is 15.4 Å². The molecule has 1 aromatic heterocycles. The first-order chi connectivity index (χ1) is 11.6. The van der Waals surface area contributed by atoms with E-state index >= 15 is 0 Å². The minimum Gasteiger partial charge on any atom is -0.391 e. The van der Waals surface area contributed by atoms with Crippen molar-refractivity contribution in [3.8, 4) is 0 Å². The molecule has 3 aromatic rings. The normalized spacial score (nSPS) is 12.2. The number of aryl methyl sites for hydroxylation is 2. The zero-order valence-electron chi connectivity index (χ0n) is 13.8. The van der Waals surface area contributed by atoms with E-state index in [-0.39, 0.29) is 12.5 Å². The van der Waals surface area contributed by atoms with Crippen LogP contribution < -0.4 is 5.32 Å². The Hall–Kier alpha value is -2.59. The van der Waals surface area contributed by atoms with E-state index in [1.807, 2.05) is 61.5 Å². The summed E-state index contributed by atoms with van der Waals surface area (Å²) in [5.74, 6) is -0.149. The number of nitrogens with one attached hydrogen (secondary N) is 2. The fourth-order valence-corrected chi connectivity index (χ4v) is 2.95. The van der Waals surface area contributed by atoms with Crippen LogP contribution in [-0.2, 0) is 6.42 Å². The number of benzene rings is 2. The SMILES string of the molecule is Cc1[nH]c2ccccc2c1C(=O)NC[C@H](O)CCc1ccccc1. The maximum atomic E-state index is 12.5. The number of hydrogen-bond donors (Lipinski definition) is 3. The van der Waals surface area contributed by atoms with Gasteiger partial charge in [-0.15, -0.1) is 0 Å². The number of H-pyrrole nitrogens is 1. The number of carbonyl (C=O) groups excluding carboxylic acids is 1. The lowest BCUT2D eigenvalue weighted by Gasteiger charge is -2.12. The Morgan fingerprint density at radius 1 is 1.12 bits per heavy atom. The third kappa shape index (κ3) is 3.66. The van der Waals surface area contributed by atoms with Crippen LogP contribution in [-0.4, -0.2) is 28.6 Å². The van der Waals surface area contributed by atoms with Gasteiger partial charge in [-0.25, -0.2) is 0 Å². The van der Waals surface area contributed by atoms with Gasteiger partial charge in [0.25, 0.3) is 5.91 Å². The molecule has 0 unspecified atom stereocenters. The lowest BCUT2D eigenvalue weighted by molar-refractivity contribution is 0.0912. The molecule has 0 aliphatic carbocycles. The third-order valence-electron chi connectivity index (χ3n) is 4.23. The molecule has 24 heavy (non-hydrogen) atoms. The molecule has 124 valence electrons. The van der Waals surface area contributed by atoms with Gasteiger partial charge in [-0.05, 0) is 31.4 Å². The summed E-state index contributed by atoms with van der Waals surface area (Å²) in [6.07, 6.45) is 0.862. The van der Waals surface area contributed by atoms with Crippen LogP contribution in [0, 0.1) is 6.92 Å². The number of hydrogen-bond acceptors (Lipinski definition) is 2. The Bertz CT molecular complexity index is 824. The maximum absolute atomic E-state index is 12.5. The standard InChI is InChI=1S/C20H22N2O2/c1-14-19(17-9-5-6-10-18(17)22-14)20(24)21-13-16(23)12-11-15-7-3-2-4-8-15/h2-10,16,22-23H,11-13H2,1H3,(H,21,24)/t16-/m1/s1. The van der Waals surface area contributed by atoms with Crippen LogP contribution in [0.15, 0.2) is 54.6 Å². The zero-order valence-corrected chi connectivity index (χ0v) is 13.8. The molecule has 1 amide bonds. The summed E-state index contributed by atoms with van der Waals surface area (Å²) in [7, 11) is 0. The van der Waals surface area contributed by atoms with Crippen LogP contribution in [0.2, 0.25) is 0 Å². The Morgan fingerprint density at radius 3 is 2.62 bits per heavy atom. The smallest absolute Gasteiger partial charge is 0.253 e. The third-order valence-corrected chi connectivity index (χ3v) is 4.23. The maximum Gasteiger partial charge on any atom is 0.253 e. The first-order valence-corrected chi connectivity index (χ1v) is 8.22. The lowest BCUT2D eigenvalue weighted by atomic mass is 10.1. The molecule has 0 aliphatic rings. The molecule has 0 bridgehead atoms. The molecule has 0 radical (unpaired) electrons. The highest BCUT2D eigenvalue weighted by Gasteiger charge is 2.16. The van der Waals surface area contributed by atoms with Crippen LogP contribution in [0.3, 0.4) is 0 Å². The van der Waals surface area contributed by atoms with Gasteiger partial charge in [-0.1, -0.05) is 48.5 Å². The van der Waals surface area contributed by atoms with Gasteiger partial charge in [0.1, 0.15) is 0 Å². The average molecular weight is 322 g/mol. The fourth-order valence-electron chi connectivity index (χ4n) is 2.95. The molecule has 4 nitrogen and oxygen atoms in total. The van der Waals surface area contributed by atoms with E-state index in [0.717, 1.165) is 23.0 Å². The molecule has 0 saturated heterocycles. The minimum absolute atomic E-state index is 0.149. The van der Waals surface area contributed by atoms with E-state index in [4.69, 9.17) is 0 Å². The number of aliphatic hydroxyl groups is 1. The molecular formula is C20H22N2O2. The van der Waals surface area contributed by atoms with Crippen molar-refractivity contribution in [2.24, 2.45) is 0 Å². The van der Waals surface area contributed by atoms with Gasteiger partial charge >= 0.3 is 0 Å². The number of fused-ring (bicyclic) bond motifs is 1. The first-order valence-electron chi connectivity index (χ1n) is 8.22. The van der Waals surface area contributed by atoms with Crippen LogP contribution >= 0.6 is 0 Å². The molecule has 3 rings (SSSR count). The Balaban J connectivity index is 1.57. The van der Waals surface area contributed by atoms with Gasteiger partial charge in [0.05, 0.1) is 11.7 Å². The predicted molar refractivity (Wildman–Crippen MR) is 96.1 cm³/mol. The van der Waals surface area contributed by atoms with Gasteiger partial charge in [0.15, 0.2) is 0 Å². The van der Waals surface area contributed by atoms with E-state index < -0.39 is 6.10 Å². The lowest BCUT2D eigenvalue weighted by Crippen LogP contribution is -2.32. The number of aliphatic hydroxyl groups excluding tert-OH is 1. The highest BCUT2D eigenvalue weighted by molar-refractivity contribution is 6.08. The highest BCUT2D eigenvalue weighted by atomic mass is 16.3. The van der Waals surface area contributed by atoms with Crippen molar-refractivity contribution in [1.82, 2.24) is 10.3 Å². The second-order valence-electron chi connectivity index (χ2n) is 6.06. The number of para-hydroxylation sites is 1. The molecule has 0 fully saturated rings. The van der Waals surface area contributed by atoms with Gasteiger partial charge in [0, 0.05) is 23.1 Å². The van der Waals surface area contributed by atoms with Crippen LogP contribution in [0.25, 0.3) is 10.9 Å². The van der Waals surface area contributed by atoms with Crippen molar-refractivity contribution in [2.45, 2.75) is 25.9 Å². The Kier molecular flexibility index (Phi) is 4.96. The summed E-state index contributed by atoms with van der Waals surface area (Å²) in [5.41, 5.74) is 3.63. The number of rotatable bonds is 6. The van der Waals surface area contributed by atoms with Gasteiger partial charge in [0.2, 0.25) is 0 Å². The van der Waals surface area contributed by atoms with E-state index in [1.165, 1.54) is 5.56 Å². The monoisotopic (exact) mass is 322 g/mol. The minimum atomic E-state index is -0.556. The predicted octanol–water partition coefficient (Wildman–Crippen LogP) is 3.20. The number of amides is 1. The largest absolute Gasteiger partial charge is 0.391 e. The first kappa shape index (κ1) is 16.3. The van der Waals surface area contributed by atoms with Crippen LogP contribution in [0.4, 0.5) is 0 Å². The van der Waals surface area contributed by atoms with Crippen LogP contribution in [0.1, 0.15) is 28.0 Å². The second kappa shape index (κ2) is 7.32. The molecule has 3 N–H and O–H groups in total. The van der Waals surface area contributed by atoms with E-state index in [2.05, 4.69) is 10.3 Å². The average Bonchev–Trinajstić information content (AvgIpc) is 2.94. The van der Waals surface area contributed by atoms with Crippen molar-refractivity contribution in [1.29, 1.82) is 0 Å². The second-order valence-corrected chi connectivity index (χ2v) is 6.06. The van der Waals surface area contributed by atoms with E-state index in [9.17, 15) is 9.90 Å². The van der Waals surface area contributed by atoms with Crippen molar-refractivity contribution in [2.75, 3.05) is 6.54 Å². The molecule has 1 atom stereocenters. The summed E-state index contributed by atoms with van der Waals surface area (Å²) < 4.78 is 0. The van der Waals surface area contributed by atoms with Crippen LogP contribution in [0.5, 0.6) is 0 Å². The van der Waals surface area contributed by atoms with Crippen molar-refractivity contribution < 1.29 is 9.90 Å². The highest BCUT2D eigenvalue weighted by Crippen LogP contribution is 2.21. The van der Waals surface area contributed by atoms with Gasteiger partial charge in [-0.2, -0.15) is 0 Å². The van der Waals surface area contributed by atoms with Crippen molar-refractivity contribution in [3.05, 3.63) is 71.4 Å². The van der Waals surface area contributed by atoms with Crippen molar-refractivity contribution >= 4 is 16.8 Å². The molecule has 0 saturated carbocycles. The molecule has 4 heteroatoms. The fraction of sp³-hybridized carbons (Fsp3) is 0.250. The summed E-state index contributed by atoms with van der Waals surface area (Å²) in [6.45, 7) is 2.14. The molecule has 0 spiro atoms. The topological polar surface area (TPSA) is 65.1 Å². The summed E-state index contributed by atoms with van der Waals surface area (Å²) >= 11 is 0. The van der Waals surface area contributed by atoms with E-state index in [1.54, 1.807) is 0 Å². The number of aromatic amines is 1. The Morgan fingerprint density at radius 2 is 1.83 bits per heavy atom. The van der Waals surface area contributed by atoms with Crippen molar-refractivity contribution in [3.63, 3.8) is 0 Å². The summed E-state index contributed by atoms with van der Waals surface area (Å²) in [5, 5.41) is 13.9. The molecular weight excluding hydrogens is 300 g/mol. The molecule has 1 heterocycles. The summed E-state index contributed by atoms with van der Waals surface area (Å²) in [6, 6.07) is 17.8. The van der Waals surface area contributed by atoms with E-state index in [0.29, 0.717) is 12.0 Å². The van der Waals surface area contributed by atoms with Gasteiger partial charge in [-0.3, -0.25) is 4.79 Å². The Labute approximate surface area is 141 Å². The zero-order chi connectivity index (χ0) is 16.9. The summed E-state index contributed by atoms with van der Waals surface area (Å²) in [4.78, 5) is 15.7. The molecule has 2 aromatic carbocycles.